The largest absolute Gasteiger partial charge is 0.473 e. The van der Waals surface area contributed by atoms with Crippen LogP contribution in [0.15, 0.2) is 86.5 Å². The molecule has 168 valence electrons. The molecule has 1 atom stereocenters. The van der Waals surface area contributed by atoms with Crippen LogP contribution in [0, 0.1) is 6.92 Å². The van der Waals surface area contributed by atoms with E-state index < -0.39 is 6.10 Å². The lowest BCUT2D eigenvalue weighted by Crippen LogP contribution is -2.35. The molecule has 2 aromatic heterocycles. The molecular weight excluding hydrogens is 450 g/mol. The molecule has 2 aliphatic heterocycles. The molecule has 8 nitrogen and oxygen atoms in total. The van der Waals surface area contributed by atoms with Crippen molar-refractivity contribution in [1.29, 1.82) is 0 Å². The van der Waals surface area contributed by atoms with E-state index in [4.69, 9.17) is 9.15 Å². The van der Waals surface area contributed by atoms with Gasteiger partial charge >= 0.3 is 0 Å². The van der Waals surface area contributed by atoms with E-state index in [0.29, 0.717) is 34.8 Å². The van der Waals surface area contributed by atoms with Gasteiger partial charge in [0, 0.05) is 5.56 Å². The first kappa shape index (κ1) is 20.6. The van der Waals surface area contributed by atoms with Gasteiger partial charge in [-0.1, -0.05) is 54.2 Å². The molecule has 1 unspecified atom stereocenters. The van der Waals surface area contributed by atoms with Gasteiger partial charge in [-0.25, -0.2) is 4.99 Å². The van der Waals surface area contributed by atoms with Gasteiger partial charge in [-0.2, -0.15) is 4.99 Å². The molecule has 4 heterocycles. The number of fused-ring (bicyclic) bond motifs is 3. The standard InChI is InChI=1S/C25H19N5O3S/c1-15-17(11-12-32-15)23-28-29-25(30(23)13-16-7-3-2-4-8-16)34-14-20-26-21-18-9-5-6-10-19(18)33-22(21)24(31)27-20/h2-12,22H,13-14H2,1H3. The highest BCUT2D eigenvalue weighted by atomic mass is 32.2. The summed E-state index contributed by atoms with van der Waals surface area (Å²) in [6, 6.07) is 19.5. The smallest absolute Gasteiger partial charge is 0.294 e. The number of benzene rings is 2. The average molecular weight is 470 g/mol. The minimum atomic E-state index is -0.761. The number of aromatic nitrogens is 3. The van der Waals surface area contributed by atoms with Crippen molar-refractivity contribution in [3.63, 3.8) is 0 Å². The van der Waals surface area contributed by atoms with Crippen molar-refractivity contribution in [2.45, 2.75) is 24.7 Å². The van der Waals surface area contributed by atoms with Crippen LogP contribution >= 0.6 is 11.8 Å². The number of carbonyl (C=O) groups is 1. The van der Waals surface area contributed by atoms with Crippen LogP contribution < -0.4 is 4.74 Å². The molecule has 1 amide bonds. The Hall–Kier alpha value is -3.98. The van der Waals surface area contributed by atoms with E-state index >= 15 is 0 Å². The number of hydrogen-bond acceptors (Lipinski definition) is 7. The highest BCUT2D eigenvalue weighted by Crippen LogP contribution is 2.32. The van der Waals surface area contributed by atoms with E-state index in [1.807, 2.05) is 60.0 Å². The molecular formula is C25H19N5O3S. The molecule has 0 saturated heterocycles. The minimum absolute atomic E-state index is 0.336. The van der Waals surface area contributed by atoms with Gasteiger partial charge in [0.2, 0.25) is 6.10 Å². The molecule has 0 fully saturated rings. The van der Waals surface area contributed by atoms with Crippen molar-refractivity contribution < 1.29 is 13.9 Å². The van der Waals surface area contributed by atoms with E-state index in [0.717, 1.165) is 28.3 Å². The summed E-state index contributed by atoms with van der Waals surface area (Å²) in [6.07, 6.45) is 0.888. The number of furan rings is 1. The number of rotatable bonds is 6. The molecule has 0 bridgehead atoms. The number of ether oxygens (including phenoxy) is 1. The minimum Gasteiger partial charge on any atom is -0.473 e. The molecule has 4 aromatic rings. The van der Waals surface area contributed by atoms with Gasteiger partial charge in [0.15, 0.2) is 11.0 Å². The summed E-state index contributed by atoms with van der Waals surface area (Å²) in [5.74, 6) is 2.64. The maximum absolute atomic E-state index is 12.6. The first-order valence-electron chi connectivity index (χ1n) is 10.8. The second-order valence-corrected chi connectivity index (χ2v) is 8.86. The Kier molecular flexibility index (Phi) is 5.10. The number of amides is 1. The van der Waals surface area contributed by atoms with Crippen molar-refractivity contribution in [3.05, 3.63) is 83.8 Å². The number of para-hydroxylation sites is 1. The van der Waals surface area contributed by atoms with Crippen LogP contribution in [0.2, 0.25) is 0 Å². The van der Waals surface area contributed by atoms with Crippen LogP contribution in [0.5, 0.6) is 5.75 Å². The van der Waals surface area contributed by atoms with E-state index in [1.54, 1.807) is 6.26 Å². The topological polar surface area (TPSA) is 94.9 Å². The molecule has 0 radical (unpaired) electrons. The predicted octanol–water partition coefficient (Wildman–Crippen LogP) is 4.18. The van der Waals surface area contributed by atoms with Gasteiger partial charge in [0.1, 0.15) is 23.1 Å². The van der Waals surface area contributed by atoms with Crippen molar-refractivity contribution in [2.75, 3.05) is 5.75 Å². The summed E-state index contributed by atoms with van der Waals surface area (Å²) in [5, 5.41) is 9.59. The number of hydrogen-bond donors (Lipinski definition) is 0. The van der Waals surface area contributed by atoms with Crippen LogP contribution in [0.3, 0.4) is 0 Å². The molecule has 0 N–H and O–H groups in total. The summed E-state index contributed by atoms with van der Waals surface area (Å²) in [7, 11) is 0. The third kappa shape index (κ3) is 3.63. The maximum Gasteiger partial charge on any atom is 0.294 e. The lowest BCUT2D eigenvalue weighted by Gasteiger charge is -2.14. The second kappa shape index (κ2) is 8.42. The van der Waals surface area contributed by atoms with Crippen LogP contribution in [-0.4, -0.2) is 44.1 Å². The maximum atomic E-state index is 12.6. The van der Waals surface area contributed by atoms with E-state index in [1.165, 1.54) is 11.8 Å². The third-order valence-electron chi connectivity index (χ3n) is 5.70. The molecule has 0 saturated carbocycles. The highest BCUT2D eigenvalue weighted by molar-refractivity contribution is 7.99. The molecule has 2 aromatic carbocycles. The second-order valence-electron chi connectivity index (χ2n) is 7.91. The van der Waals surface area contributed by atoms with Crippen LogP contribution in [-0.2, 0) is 11.3 Å². The lowest BCUT2D eigenvalue weighted by atomic mass is 10.1. The van der Waals surface area contributed by atoms with Crippen molar-refractivity contribution in [2.24, 2.45) is 9.98 Å². The summed E-state index contributed by atoms with van der Waals surface area (Å²) in [5.41, 5.74) is 3.47. The zero-order valence-electron chi connectivity index (χ0n) is 18.2. The zero-order valence-corrected chi connectivity index (χ0v) is 19.0. The van der Waals surface area contributed by atoms with Crippen molar-refractivity contribution in [3.8, 4) is 17.1 Å². The van der Waals surface area contributed by atoms with E-state index in [-0.39, 0.29) is 5.91 Å². The van der Waals surface area contributed by atoms with E-state index in [9.17, 15) is 4.79 Å². The summed E-state index contributed by atoms with van der Waals surface area (Å²) >= 11 is 1.44. The Morgan fingerprint density at radius 3 is 2.62 bits per heavy atom. The summed E-state index contributed by atoms with van der Waals surface area (Å²) in [4.78, 5) is 21.5. The number of carbonyl (C=O) groups excluding carboxylic acids is 1. The Morgan fingerprint density at radius 1 is 0.971 bits per heavy atom. The van der Waals surface area contributed by atoms with Gasteiger partial charge in [0.05, 0.1) is 24.1 Å². The first-order chi connectivity index (χ1) is 16.7. The Bertz CT molecular complexity index is 1450. The fourth-order valence-electron chi connectivity index (χ4n) is 4.05. The fourth-order valence-corrected chi connectivity index (χ4v) is 4.85. The SMILES string of the molecule is Cc1occc1-c1nnc(SCC2=NC(=O)C3Oc4ccccc4C3=N2)n1Cc1ccccc1. The quantitative estimate of drug-likeness (QED) is 0.393. The van der Waals surface area contributed by atoms with Crippen LogP contribution in [0.1, 0.15) is 16.9 Å². The Labute approximate surface area is 199 Å². The van der Waals surface area contributed by atoms with Crippen molar-refractivity contribution in [1.82, 2.24) is 14.8 Å². The highest BCUT2D eigenvalue weighted by Gasteiger charge is 2.38. The number of nitrogens with zero attached hydrogens (tertiary/aromatic N) is 5. The van der Waals surface area contributed by atoms with Crippen LogP contribution in [0.4, 0.5) is 0 Å². The van der Waals surface area contributed by atoms with Gasteiger partial charge in [-0.3, -0.25) is 9.36 Å². The number of aryl methyl sites for hydroxylation is 1. The monoisotopic (exact) mass is 469 g/mol. The third-order valence-corrected chi connectivity index (χ3v) is 6.66. The predicted molar refractivity (Wildman–Crippen MR) is 129 cm³/mol. The molecule has 34 heavy (non-hydrogen) atoms. The summed E-state index contributed by atoms with van der Waals surface area (Å²) < 4.78 is 13.3. The normalized spacial score (nSPS) is 16.5. The fraction of sp³-hybridized carbons (Fsp3) is 0.160. The lowest BCUT2D eigenvalue weighted by molar-refractivity contribution is -0.121. The Morgan fingerprint density at radius 2 is 1.79 bits per heavy atom. The van der Waals surface area contributed by atoms with E-state index in [2.05, 4.69) is 32.3 Å². The average Bonchev–Trinajstić information content (AvgIpc) is 3.56. The zero-order chi connectivity index (χ0) is 23.1. The molecule has 9 heteroatoms. The van der Waals surface area contributed by atoms with Gasteiger partial charge in [-0.15, -0.1) is 10.2 Å². The summed E-state index contributed by atoms with van der Waals surface area (Å²) in [6.45, 7) is 2.50. The molecule has 0 aliphatic carbocycles. The molecule has 6 rings (SSSR count). The number of aliphatic imine (C=N–C) groups is 2. The number of thioether (sulfide) groups is 1. The Balaban J connectivity index is 1.30. The first-order valence-corrected chi connectivity index (χ1v) is 11.8. The van der Waals surface area contributed by atoms with Crippen LogP contribution in [0.25, 0.3) is 11.4 Å². The molecule has 2 aliphatic rings. The van der Waals surface area contributed by atoms with Crippen molar-refractivity contribution >= 4 is 29.2 Å². The van der Waals surface area contributed by atoms with Gasteiger partial charge < -0.3 is 9.15 Å². The molecule has 0 spiro atoms. The number of amidine groups is 1. The van der Waals surface area contributed by atoms with Gasteiger partial charge in [0.25, 0.3) is 5.91 Å². The van der Waals surface area contributed by atoms with Gasteiger partial charge in [-0.05, 0) is 30.7 Å².